The van der Waals surface area contributed by atoms with Crippen LogP contribution in [-0.4, -0.2) is 41.7 Å². The first kappa shape index (κ1) is 14.8. The van der Waals surface area contributed by atoms with Crippen molar-refractivity contribution in [3.05, 3.63) is 29.8 Å². The summed E-state index contributed by atoms with van der Waals surface area (Å²) in [6.07, 6.45) is 2.17. The third-order valence-electron chi connectivity index (χ3n) is 3.57. The van der Waals surface area contributed by atoms with E-state index in [1.54, 1.807) is 25.3 Å². The Morgan fingerprint density at radius 3 is 2.85 bits per heavy atom. The van der Waals surface area contributed by atoms with E-state index in [2.05, 4.69) is 0 Å². The molecule has 110 valence electrons. The second kappa shape index (κ2) is 6.72. The van der Waals surface area contributed by atoms with E-state index in [4.69, 9.17) is 10.5 Å². The van der Waals surface area contributed by atoms with Gasteiger partial charge in [0.25, 0.3) is 0 Å². The molecule has 0 radical (unpaired) electrons. The van der Waals surface area contributed by atoms with E-state index in [1.807, 2.05) is 11.0 Å². The Labute approximate surface area is 119 Å². The quantitative estimate of drug-likeness (QED) is 0.787. The summed E-state index contributed by atoms with van der Waals surface area (Å²) in [5, 5.41) is 9.50. The van der Waals surface area contributed by atoms with Crippen LogP contribution in [-0.2, 0) is 16.1 Å². The number of ether oxygens (including phenoxy) is 1. The number of phenolic OH excluding ortho intramolecular Hbond substituents is 1. The standard InChI is InChI=1S/C15H22N2O3/c1-20-14(9-16)8-15(19)17(12-5-6-12)10-11-3-2-4-13(18)7-11/h2-4,7,12,14,18H,5-6,8-10,16H2,1H3. The van der Waals surface area contributed by atoms with Crippen LogP contribution in [0.3, 0.4) is 0 Å². The van der Waals surface area contributed by atoms with Crippen LogP contribution in [0.25, 0.3) is 0 Å². The number of carbonyl (C=O) groups excluding carboxylic acids is 1. The van der Waals surface area contributed by atoms with Crippen molar-refractivity contribution in [3.63, 3.8) is 0 Å². The maximum atomic E-state index is 12.4. The van der Waals surface area contributed by atoms with Gasteiger partial charge in [-0.2, -0.15) is 0 Å². The molecule has 1 aliphatic rings. The molecule has 0 heterocycles. The van der Waals surface area contributed by atoms with Gasteiger partial charge in [-0.1, -0.05) is 12.1 Å². The van der Waals surface area contributed by atoms with Crippen LogP contribution in [0.4, 0.5) is 0 Å². The molecule has 5 nitrogen and oxygen atoms in total. The van der Waals surface area contributed by atoms with Crippen molar-refractivity contribution in [3.8, 4) is 5.75 Å². The number of amides is 1. The smallest absolute Gasteiger partial charge is 0.225 e. The van der Waals surface area contributed by atoms with Crippen molar-refractivity contribution in [1.82, 2.24) is 4.90 Å². The van der Waals surface area contributed by atoms with E-state index >= 15 is 0 Å². The molecule has 5 heteroatoms. The van der Waals surface area contributed by atoms with Crippen molar-refractivity contribution in [1.29, 1.82) is 0 Å². The lowest BCUT2D eigenvalue weighted by Crippen LogP contribution is -2.37. The summed E-state index contributed by atoms with van der Waals surface area (Å²) >= 11 is 0. The van der Waals surface area contributed by atoms with Gasteiger partial charge in [0.05, 0.1) is 12.5 Å². The summed E-state index contributed by atoms with van der Waals surface area (Å²) in [6, 6.07) is 7.35. The fraction of sp³-hybridized carbons (Fsp3) is 0.533. The SMILES string of the molecule is COC(CN)CC(=O)N(Cc1cccc(O)c1)C1CC1. The Hall–Kier alpha value is -1.59. The molecule has 1 amide bonds. The zero-order valence-corrected chi connectivity index (χ0v) is 11.8. The van der Waals surface area contributed by atoms with Crippen LogP contribution in [0.2, 0.25) is 0 Å². The summed E-state index contributed by atoms with van der Waals surface area (Å²) < 4.78 is 5.18. The van der Waals surface area contributed by atoms with Crippen molar-refractivity contribution in [2.24, 2.45) is 5.73 Å². The van der Waals surface area contributed by atoms with Gasteiger partial charge in [-0.3, -0.25) is 4.79 Å². The predicted molar refractivity (Wildman–Crippen MR) is 76.1 cm³/mol. The van der Waals surface area contributed by atoms with Crippen LogP contribution in [0.1, 0.15) is 24.8 Å². The zero-order valence-electron chi connectivity index (χ0n) is 11.8. The van der Waals surface area contributed by atoms with E-state index in [1.165, 1.54) is 0 Å². The van der Waals surface area contributed by atoms with Crippen molar-refractivity contribution < 1.29 is 14.6 Å². The zero-order chi connectivity index (χ0) is 14.5. The van der Waals surface area contributed by atoms with Crippen molar-refractivity contribution >= 4 is 5.91 Å². The van der Waals surface area contributed by atoms with Crippen LogP contribution >= 0.6 is 0 Å². The number of phenols is 1. The van der Waals surface area contributed by atoms with Gasteiger partial charge in [-0.25, -0.2) is 0 Å². The van der Waals surface area contributed by atoms with Crippen molar-refractivity contribution in [2.45, 2.75) is 38.0 Å². The van der Waals surface area contributed by atoms with Crippen LogP contribution in [0.15, 0.2) is 24.3 Å². The molecule has 0 aromatic heterocycles. The molecule has 3 N–H and O–H groups in total. The van der Waals surface area contributed by atoms with E-state index in [0.717, 1.165) is 18.4 Å². The minimum absolute atomic E-state index is 0.0631. The normalized spacial score (nSPS) is 15.9. The van der Waals surface area contributed by atoms with Crippen LogP contribution in [0.5, 0.6) is 5.75 Å². The second-order valence-electron chi connectivity index (χ2n) is 5.22. The lowest BCUT2D eigenvalue weighted by molar-refractivity contribution is -0.134. The third kappa shape index (κ3) is 3.95. The van der Waals surface area contributed by atoms with Gasteiger partial charge in [-0.15, -0.1) is 0 Å². The number of methoxy groups -OCH3 is 1. The average Bonchev–Trinajstić information content (AvgIpc) is 3.26. The number of benzene rings is 1. The minimum atomic E-state index is -0.229. The Balaban J connectivity index is 2.01. The topological polar surface area (TPSA) is 75.8 Å². The number of nitrogens with zero attached hydrogens (tertiary/aromatic N) is 1. The van der Waals surface area contributed by atoms with E-state index in [-0.39, 0.29) is 17.8 Å². The number of rotatable bonds is 7. The Kier molecular flexibility index (Phi) is 4.98. The first-order valence-electron chi connectivity index (χ1n) is 6.94. The molecule has 0 spiro atoms. The maximum absolute atomic E-state index is 12.4. The Morgan fingerprint density at radius 2 is 2.30 bits per heavy atom. The van der Waals surface area contributed by atoms with Gasteiger partial charge >= 0.3 is 0 Å². The summed E-state index contributed by atoms with van der Waals surface area (Å²) in [6.45, 7) is 0.867. The van der Waals surface area contributed by atoms with E-state index in [0.29, 0.717) is 25.6 Å². The summed E-state index contributed by atoms with van der Waals surface area (Å²) in [4.78, 5) is 14.2. The van der Waals surface area contributed by atoms with Gasteiger partial charge in [0.2, 0.25) is 5.91 Å². The molecule has 0 saturated heterocycles. The molecule has 1 saturated carbocycles. The number of nitrogens with two attached hydrogens (primary N) is 1. The minimum Gasteiger partial charge on any atom is -0.508 e. The number of hydrogen-bond acceptors (Lipinski definition) is 4. The molecular weight excluding hydrogens is 256 g/mol. The van der Waals surface area contributed by atoms with Crippen molar-refractivity contribution in [2.75, 3.05) is 13.7 Å². The summed E-state index contributed by atoms with van der Waals surface area (Å²) in [5.74, 6) is 0.288. The molecule has 1 fully saturated rings. The van der Waals surface area contributed by atoms with E-state index < -0.39 is 0 Å². The highest BCUT2D eigenvalue weighted by Gasteiger charge is 2.33. The molecule has 0 bridgehead atoms. The first-order valence-corrected chi connectivity index (χ1v) is 6.94. The summed E-state index contributed by atoms with van der Waals surface area (Å²) in [5.41, 5.74) is 6.50. The van der Waals surface area contributed by atoms with Crippen LogP contribution in [0, 0.1) is 0 Å². The first-order chi connectivity index (χ1) is 9.63. The molecule has 20 heavy (non-hydrogen) atoms. The van der Waals surface area contributed by atoms with Gasteiger partial charge in [0.15, 0.2) is 0 Å². The monoisotopic (exact) mass is 278 g/mol. The highest BCUT2D eigenvalue weighted by atomic mass is 16.5. The predicted octanol–water partition coefficient (Wildman–Crippen LogP) is 1.25. The van der Waals surface area contributed by atoms with Gasteiger partial charge in [0, 0.05) is 26.2 Å². The largest absolute Gasteiger partial charge is 0.508 e. The fourth-order valence-electron chi connectivity index (χ4n) is 2.23. The maximum Gasteiger partial charge on any atom is 0.225 e. The molecule has 1 aliphatic carbocycles. The van der Waals surface area contributed by atoms with Gasteiger partial charge in [0.1, 0.15) is 5.75 Å². The second-order valence-corrected chi connectivity index (χ2v) is 5.22. The van der Waals surface area contributed by atoms with Crippen LogP contribution < -0.4 is 5.73 Å². The van der Waals surface area contributed by atoms with Gasteiger partial charge in [-0.05, 0) is 30.5 Å². The summed E-state index contributed by atoms with van der Waals surface area (Å²) in [7, 11) is 1.57. The highest BCUT2D eigenvalue weighted by molar-refractivity contribution is 5.77. The molecule has 2 rings (SSSR count). The highest BCUT2D eigenvalue weighted by Crippen LogP contribution is 2.29. The average molecular weight is 278 g/mol. The van der Waals surface area contributed by atoms with E-state index in [9.17, 15) is 9.90 Å². The Morgan fingerprint density at radius 1 is 1.55 bits per heavy atom. The third-order valence-corrected chi connectivity index (χ3v) is 3.57. The molecule has 1 aromatic carbocycles. The molecule has 0 aliphatic heterocycles. The number of hydrogen-bond donors (Lipinski definition) is 2. The lowest BCUT2D eigenvalue weighted by atomic mass is 10.1. The number of carbonyl (C=O) groups is 1. The fourth-order valence-corrected chi connectivity index (χ4v) is 2.23. The molecular formula is C15H22N2O3. The lowest BCUT2D eigenvalue weighted by Gasteiger charge is -2.24. The number of aromatic hydroxyl groups is 1. The molecule has 1 atom stereocenters. The van der Waals surface area contributed by atoms with Gasteiger partial charge < -0.3 is 20.5 Å². The molecule has 1 unspecified atom stereocenters. The Bertz CT molecular complexity index is 456. The molecule has 1 aromatic rings.